The SMILES string of the molecule is Cc1cccc(CNc2nnc(SCc3ccccc3C)s2)c1. The molecule has 0 aliphatic carbocycles. The molecule has 0 unspecified atom stereocenters. The van der Waals surface area contributed by atoms with Crippen LogP contribution in [0.5, 0.6) is 0 Å². The molecule has 0 fully saturated rings. The minimum absolute atomic E-state index is 0.777. The first-order valence-electron chi connectivity index (χ1n) is 7.51. The number of hydrogen-bond donors (Lipinski definition) is 1. The summed E-state index contributed by atoms with van der Waals surface area (Å²) in [5.74, 6) is 0.930. The van der Waals surface area contributed by atoms with Gasteiger partial charge in [-0.15, -0.1) is 10.2 Å². The van der Waals surface area contributed by atoms with Crippen molar-refractivity contribution < 1.29 is 0 Å². The van der Waals surface area contributed by atoms with Crippen LogP contribution < -0.4 is 5.32 Å². The van der Waals surface area contributed by atoms with Crippen LogP contribution in [0.2, 0.25) is 0 Å². The molecule has 1 heterocycles. The van der Waals surface area contributed by atoms with Crippen LogP contribution in [-0.2, 0) is 12.3 Å². The van der Waals surface area contributed by atoms with Gasteiger partial charge in [0.1, 0.15) is 0 Å². The molecule has 1 aromatic heterocycles. The van der Waals surface area contributed by atoms with Crippen LogP contribution in [0.4, 0.5) is 5.13 Å². The van der Waals surface area contributed by atoms with Gasteiger partial charge in [-0.3, -0.25) is 0 Å². The Kier molecular flexibility index (Phi) is 5.31. The Bertz CT molecular complexity index is 783. The van der Waals surface area contributed by atoms with Gasteiger partial charge in [0.05, 0.1) is 0 Å². The van der Waals surface area contributed by atoms with Crippen molar-refractivity contribution in [1.29, 1.82) is 0 Å². The summed E-state index contributed by atoms with van der Waals surface area (Å²) in [6.07, 6.45) is 0. The molecule has 118 valence electrons. The number of thioether (sulfide) groups is 1. The number of nitrogens with zero attached hydrogens (tertiary/aromatic N) is 2. The van der Waals surface area contributed by atoms with Crippen molar-refractivity contribution in [3.63, 3.8) is 0 Å². The zero-order valence-electron chi connectivity index (χ0n) is 13.2. The maximum absolute atomic E-state index is 4.26. The minimum Gasteiger partial charge on any atom is -0.356 e. The Hall–Kier alpha value is -1.85. The third kappa shape index (κ3) is 4.56. The van der Waals surface area contributed by atoms with Crippen molar-refractivity contribution in [3.8, 4) is 0 Å². The molecule has 2 aromatic carbocycles. The molecule has 0 radical (unpaired) electrons. The summed E-state index contributed by atoms with van der Waals surface area (Å²) in [7, 11) is 0. The molecular formula is C18H19N3S2. The molecule has 0 bridgehead atoms. The fourth-order valence-corrected chi connectivity index (χ4v) is 4.07. The lowest BCUT2D eigenvalue weighted by molar-refractivity contribution is 0.994. The van der Waals surface area contributed by atoms with Gasteiger partial charge >= 0.3 is 0 Å². The smallest absolute Gasteiger partial charge is 0.206 e. The van der Waals surface area contributed by atoms with Gasteiger partial charge in [0.25, 0.3) is 0 Å². The molecule has 0 amide bonds. The fourth-order valence-electron chi connectivity index (χ4n) is 2.25. The number of benzene rings is 2. The van der Waals surface area contributed by atoms with E-state index in [4.69, 9.17) is 0 Å². The summed E-state index contributed by atoms with van der Waals surface area (Å²) in [5, 5.41) is 12.7. The summed E-state index contributed by atoms with van der Waals surface area (Å²) in [6, 6.07) is 17.0. The fraction of sp³-hybridized carbons (Fsp3) is 0.222. The molecule has 0 saturated heterocycles. The van der Waals surface area contributed by atoms with Gasteiger partial charge in [-0.05, 0) is 30.5 Å². The minimum atomic E-state index is 0.777. The van der Waals surface area contributed by atoms with E-state index in [1.165, 1.54) is 22.3 Å². The molecular weight excluding hydrogens is 322 g/mol. The first-order valence-corrected chi connectivity index (χ1v) is 9.31. The summed E-state index contributed by atoms with van der Waals surface area (Å²) in [4.78, 5) is 0. The second kappa shape index (κ2) is 7.62. The van der Waals surface area contributed by atoms with Crippen LogP contribution in [0.1, 0.15) is 22.3 Å². The lowest BCUT2D eigenvalue weighted by atomic mass is 10.1. The Morgan fingerprint density at radius 3 is 2.74 bits per heavy atom. The highest BCUT2D eigenvalue weighted by molar-refractivity contribution is 8.00. The Morgan fingerprint density at radius 1 is 1.04 bits per heavy atom. The highest BCUT2D eigenvalue weighted by atomic mass is 32.2. The molecule has 0 aliphatic rings. The molecule has 0 saturated carbocycles. The molecule has 0 aliphatic heterocycles. The van der Waals surface area contributed by atoms with E-state index < -0.39 is 0 Å². The zero-order chi connectivity index (χ0) is 16.1. The lowest BCUT2D eigenvalue weighted by Gasteiger charge is -2.03. The standard InChI is InChI=1S/C18H19N3S2/c1-13-6-5-8-15(10-13)11-19-17-20-21-18(23-17)22-12-16-9-4-3-7-14(16)2/h3-10H,11-12H2,1-2H3,(H,19,20). The van der Waals surface area contributed by atoms with Crippen LogP contribution in [0.15, 0.2) is 52.9 Å². The van der Waals surface area contributed by atoms with Gasteiger partial charge in [-0.2, -0.15) is 0 Å². The van der Waals surface area contributed by atoms with Crippen molar-refractivity contribution in [3.05, 3.63) is 70.8 Å². The number of rotatable bonds is 6. The van der Waals surface area contributed by atoms with Crippen molar-refractivity contribution in [2.75, 3.05) is 5.32 Å². The van der Waals surface area contributed by atoms with Gasteiger partial charge in [-0.25, -0.2) is 0 Å². The lowest BCUT2D eigenvalue weighted by Crippen LogP contribution is -1.98. The summed E-state index contributed by atoms with van der Waals surface area (Å²) >= 11 is 3.35. The normalized spacial score (nSPS) is 10.7. The van der Waals surface area contributed by atoms with Crippen LogP contribution in [0, 0.1) is 13.8 Å². The molecule has 3 nitrogen and oxygen atoms in total. The van der Waals surface area contributed by atoms with E-state index in [-0.39, 0.29) is 0 Å². The number of aryl methyl sites for hydroxylation is 2. The maximum atomic E-state index is 4.26. The van der Waals surface area contributed by atoms with E-state index in [2.05, 4.69) is 77.9 Å². The van der Waals surface area contributed by atoms with Crippen LogP contribution in [0.25, 0.3) is 0 Å². The van der Waals surface area contributed by atoms with E-state index in [9.17, 15) is 0 Å². The Morgan fingerprint density at radius 2 is 1.91 bits per heavy atom. The molecule has 3 aromatic rings. The largest absolute Gasteiger partial charge is 0.356 e. The van der Waals surface area contributed by atoms with Crippen molar-refractivity contribution in [2.24, 2.45) is 0 Å². The summed E-state index contributed by atoms with van der Waals surface area (Å²) < 4.78 is 1.000. The van der Waals surface area contributed by atoms with Crippen LogP contribution in [0.3, 0.4) is 0 Å². The molecule has 1 N–H and O–H groups in total. The van der Waals surface area contributed by atoms with Crippen molar-refractivity contribution in [2.45, 2.75) is 30.5 Å². The van der Waals surface area contributed by atoms with Crippen LogP contribution >= 0.6 is 23.1 Å². The molecule has 23 heavy (non-hydrogen) atoms. The second-order valence-corrected chi connectivity index (χ2v) is 7.63. The van der Waals surface area contributed by atoms with E-state index in [1.807, 2.05) is 0 Å². The van der Waals surface area contributed by atoms with Gasteiger partial charge < -0.3 is 5.32 Å². The Labute approximate surface area is 145 Å². The zero-order valence-corrected chi connectivity index (χ0v) is 14.9. The first-order chi connectivity index (χ1) is 11.2. The van der Waals surface area contributed by atoms with Gasteiger partial charge in [-0.1, -0.05) is 77.2 Å². The van der Waals surface area contributed by atoms with Gasteiger partial charge in [0, 0.05) is 12.3 Å². The van der Waals surface area contributed by atoms with E-state index in [1.54, 1.807) is 23.1 Å². The topological polar surface area (TPSA) is 37.8 Å². The predicted octanol–water partition coefficient (Wildman–Crippen LogP) is 5.06. The van der Waals surface area contributed by atoms with E-state index in [0.717, 1.165) is 21.8 Å². The summed E-state index contributed by atoms with van der Waals surface area (Å²) in [6.45, 7) is 5.03. The number of anilines is 1. The number of aromatic nitrogens is 2. The van der Waals surface area contributed by atoms with Crippen LogP contribution in [-0.4, -0.2) is 10.2 Å². The van der Waals surface area contributed by atoms with E-state index >= 15 is 0 Å². The molecule has 0 atom stereocenters. The first kappa shape index (κ1) is 16.0. The molecule has 3 rings (SSSR count). The van der Waals surface area contributed by atoms with Gasteiger partial charge in [0.15, 0.2) is 4.34 Å². The average Bonchev–Trinajstić information content (AvgIpc) is 3.00. The van der Waals surface area contributed by atoms with Crippen molar-refractivity contribution >= 4 is 28.2 Å². The highest BCUT2D eigenvalue weighted by Gasteiger charge is 2.06. The Balaban J connectivity index is 1.55. The quantitative estimate of drug-likeness (QED) is 0.636. The van der Waals surface area contributed by atoms with Crippen molar-refractivity contribution in [1.82, 2.24) is 10.2 Å². The molecule has 5 heteroatoms. The number of hydrogen-bond acceptors (Lipinski definition) is 5. The highest BCUT2D eigenvalue weighted by Crippen LogP contribution is 2.29. The second-order valence-electron chi connectivity index (χ2n) is 5.43. The monoisotopic (exact) mass is 341 g/mol. The third-order valence-corrected chi connectivity index (χ3v) is 5.61. The molecule has 0 spiro atoms. The summed E-state index contributed by atoms with van der Waals surface area (Å²) in [5.41, 5.74) is 5.20. The predicted molar refractivity (Wildman–Crippen MR) is 99.2 cm³/mol. The third-order valence-electron chi connectivity index (χ3n) is 3.55. The van der Waals surface area contributed by atoms with E-state index in [0.29, 0.717) is 0 Å². The average molecular weight is 342 g/mol. The maximum Gasteiger partial charge on any atom is 0.206 e. The van der Waals surface area contributed by atoms with Gasteiger partial charge in [0.2, 0.25) is 5.13 Å². The number of nitrogens with one attached hydrogen (secondary N) is 1.